The van der Waals surface area contributed by atoms with Crippen LogP contribution in [0.5, 0.6) is 5.75 Å². The fourth-order valence-corrected chi connectivity index (χ4v) is 3.39. The quantitative estimate of drug-likeness (QED) is 0.692. The van der Waals surface area contributed by atoms with Crippen molar-refractivity contribution in [1.82, 2.24) is 0 Å². The van der Waals surface area contributed by atoms with Crippen LogP contribution in [0.15, 0.2) is 42.5 Å². The zero-order valence-electron chi connectivity index (χ0n) is 14.2. The van der Waals surface area contributed by atoms with Gasteiger partial charge >= 0.3 is 0 Å². The predicted octanol–water partition coefficient (Wildman–Crippen LogP) is 5.52. The smallest absolute Gasteiger partial charge is 0.150 e. The van der Waals surface area contributed by atoms with Gasteiger partial charge in [0, 0.05) is 11.1 Å². The summed E-state index contributed by atoms with van der Waals surface area (Å²) in [5.74, 6) is 0.309. The minimum atomic E-state index is -0.299. The van der Waals surface area contributed by atoms with Crippen molar-refractivity contribution in [3.63, 3.8) is 0 Å². The molecule has 0 N–H and O–H groups in total. The van der Waals surface area contributed by atoms with Gasteiger partial charge in [0.1, 0.15) is 17.9 Å². The molecule has 0 atom stereocenters. The second kappa shape index (κ2) is 6.23. The first kappa shape index (κ1) is 16.4. The Bertz CT molecular complexity index is 819. The number of carbonyl (C=O) groups excluding carboxylic acids is 1. The molecule has 0 aromatic heterocycles. The van der Waals surface area contributed by atoms with Gasteiger partial charge in [-0.2, -0.15) is 0 Å². The van der Waals surface area contributed by atoms with Crippen molar-refractivity contribution in [1.29, 1.82) is 0 Å². The molecule has 0 fully saturated rings. The Hall–Kier alpha value is -2.42. The normalized spacial score (nSPS) is 15.9. The van der Waals surface area contributed by atoms with Crippen LogP contribution in [-0.4, -0.2) is 13.4 Å². The molecule has 0 aliphatic heterocycles. The summed E-state index contributed by atoms with van der Waals surface area (Å²) in [4.78, 5) is 11.2. The molecule has 3 rings (SSSR count). The highest BCUT2D eigenvalue weighted by Gasteiger charge is 2.30. The Morgan fingerprint density at radius 2 is 1.88 bits per heavy atom. The topological polar surface area (TPSA) is 26.3 Å². The summed E-state index contributed by atoms with van der Waals surface area (Å²) in [5, 5.41) is 0. The van der Waals surface area contributed by atoms with E-state index in [9.17, 15) is 9.18 Å². The molecule has 3 heteroatoms. The third kappa shape index (κ3) is 2.86. The van der Waals surface area contributed by atoms with Crippen LogP contribution in [0.4, 0.5) is 4.39 Å². The van der Waals surface area contributed by atoms with Crippen molar-refractivity contribution < 1.29 is 13.9 Å². The number of allylic oxidation sites excluding steroid dienone is 2. The van der Waals surface area contributed by atoms with Gasteiger partial charge < -0.3 is 4.74 Å². The first-order chi connectivity index (χ1) is 11.5. The van der Waals surface area contributed by atoms with Crippen LogP contribution >= 0.6 is 0 Å². The van der Waals surface area contributed by atoms with Gasteiger partial charge in [-0.15, -0.1) is 0 Å². The fraction of sp³-hybridized carbons (Fsp3) is 0.286. The monoisotopic (exact) mass is 324 g/mol. The molecule has 0 saturated heterocycles. The largest absolute Gasteiger partial charge is 0.497 e. The average Bonchev–Trinajstić information content (AvgIpc) is 2.94. The molecule has 0 amide bonds. The van der Waals surface area contributed by atoms with Crippen LogP contribution in [0.2, 0.25) is 0 Å². The third-order valence-electron chi connectivity index (χ3n) is 4.78. The molecule has 1 aliphatic rings. The van der Waals surface area contributed by atoms with E-state index in [0.717, 1.165) is 30.3 Å². The van der Waals surface area contributed by atoms with Crippen molar-refractivity contribution in [3.8, 4) is 16.9 Å². The van der Waals surface area contributed by atoms with Crippen molar-refractivity contribution >= 4 is 11.9 Å². The van der Waals surface area contributed by atoms with E-state index >= 15 is 0 Å². The van der Waals surface area contributed by atoms with E-state index in [2.05, 4.69) is 19.9 Å². The number of benzene rings is 2. The number of halogens is 1. The van der Waals surface area contributed by atoms with Crippen LogP contribution in [-0.2, 0) is 0 Å². The summed E-state index contributed by atoms with van der Waals surface area (Å²) in [6, 6.07) is 10.1. The molecule has 1 aliphatic carbocycles. The molecular weight excluding hydrogens is 303 g/mol. The van der Waals surface area contributed by atoms with E-state index in [1.54, 1.807) is 25.3 Å². The SMILES string of the molecule is COc1ccc(F)c(-c2ccc(C=O)cc2C2=CCCC2(C)C)c1. The standard InChI is InChI=1S/C21H21FO2/c1-21(2)10-4-5-19(21)17-11-14(13-23)6-8-16(17)18-12-15(24-3)7-9-20(18)22/h5-9,11-13H,4,10H2,1-3H3. The molecule has 0 unspecified atom stereocenters. The lowest BCUT2D eigenvalue weighted by Crippen LogP contribution is -2.10. The Labute approximate surface area is 142 Å². The maximum absolute atomic E-state index is 14.5. The second-order valence-electron chi connectivity index (χ2n) is 6.81. The molecule has 0 spiro atoms. The number of rotatable bonds is 4. The lowest BCUT2D eigenvalue weighted by Gasteiger charge is -2.25. The molecular formula is C21H21FO2. The summed E-state index contributed by atoms with van der Waals surface area (Å²) in [7, 11) is 1.57. The predicted molar refractivity (Wildman–Crippen MR) is 94.8 cm³/mol. The van der Waals surface area contributed by atoms with Crippen LogP contribution in [0, 0.1) is 11.2 Å². The Morgan fingerprint density at radius 1 is 1.08 bits per heavy atom. The number of hydrogen-bond acceptors (Lipinski definition) is 2. The molecule has 24 heavy (non-hydrogen) atoms. The number of carbonyl (C=O) groups is 1. The summed E-state index contributed by atoms with van der Waals surface area (Å²) in [6.45, 7) is 4.37. The highest BCUT2D eigenvalue weighted by Crippen LogP contribution is 2.47. The zero-order chi connectivity index (χ0) is 17.3. The van der Waals surface area contributed by atoms with Crippen LogP contribution in [0.3, 0.4) is 0 Å². The van der Waals surface area contributed by atoms with Gasteiger partial charge in [-0.1, -0.05) is 32.1 Å². The molecule has 0 heterocycles. The second-order valence-corrected chi connectivity index (χ2v) is 6.81. The maximum Gasteiger partial charge on any atom is 0.150 e. The van der Waals surface area contributed by atoms with E-state index in [0.29, 0.717) is 16.9 Å². The van der Waals surface area contributed by atoms with Crippen LogP contribution < -0.4 is 4.74 Å². The molecule has 0 bridgehead atoms. The van der Waals surface area contributed by atoms with Gasteiger partial charge in [0.05, 0.1) is 7.11 Å². The van der Waals surface area contributed by atoms with Gasteiger partial charge in [0.15, 0.2) is 0 Å². The fourth-order valence-electron chi connectivity index (χ4n) is 3.39. The summed E-state index contributed by atoms with van der Waals surface area (Å²) in [6.07, 6.45) is 5.07. The number of aldehydes is 1. The van der Waals surface area contributed by atoms with E-state index in [-0.39, 0.29) is 11.2 Å². The summed E-state index contributed by atoms with van der Waals surface area (Å²) >= 11 is 0. The molecule has 2 aromatic rings. The van der Waals surface area contributed by atoms with Crippen molar-refractivity contribution in [2.45, 2.75) is 26.7 Å². The molecule has 124 valence electrons. The van der Waals surface area contributed by atoms with Gasteiger partial charge in [-0.05, 0) is 59.2 Å². The minimum absolute atomic E-state index is 0.00556. The van der Waals surface area contributed by atoms with Gasteiger partial charge in [-0.3, -0.25) is 4.79 Å². The molecule has 2 aromatic carbocycles. The molecule has 0 saturated carbocycles. The summed E-state index contributed by atoms with van der Waals surface area (Å²) < 4.78 is 19.7. The Morgan fingerprint density at radius 3 is 2.50 bits per heavy atom. The minimum Gasteiger partial charge on any atom is -0.497 e. The lowest BCUT2D eigenvalue weighted by atomic mass is 9.79. The van der Waals surface area contributed by atoms with E-state index in [4.69, 9.17) is 4.74 Å². The van der Waals surface area contributed by atoms with Crippen LogP contribution in [0.1, 0.15) is 42.6 Å². The van der Waals surface area contributed by atoms with Crippen molar-refractivity contribution in [2.75, 3.05) is 7.11 Å². The first-order valence-corrected chi connectivity index (χ1v) is 8.10. The molecule has 0 radical (unpaired) electrons. The van der Waals surface area contributed by atoms with E-state index in [1.807, 2.05) is 12.1 Å². The third-order valence-corrected chi connectivity index (χ3v) is 4.78. The van der Waals surface area contributed by atoms with Gasteiger partial charge in [0.25, 0.3) is 0 Å². The highest BCUT2D eigenvalue weighted by molar-refractivity contribution is 5.88. The summed E-state index contributed by atoms with van der Waals surface area (Å²) in [5.41, 5.74) is 3.98. The Balaban J connectivity index is 2.24. The first-order valence-electron chi connectivity index (χ1n) is 8.10. The molecule has 2 nitrogen and oxygen atoms in total. The number of ether oxygens (including phenoxy) is 1. The van der Waals surface area contributed by atoms with Crippen molar-refractivity contribution in [3.05, 3.63) is 59.4 Å². The van der Waals surface area contributed by atoms with Gasteiger partial charge in [0.2, 0.25) is 0 Å². The lowest BCUT2D eigenvalue weighted by molar-refractivity contribution is 0.112. The number of methoxy groups -OCH3 is 1. The zero-order valence-corrected chi connectivity index (χ0v) is 14.2. The maximum atomic E-state index is 14.5. The van der Waals surface area contributed by atoms with E-state index in [1.165, 1.54) is 11.6 Å². The number of hydrogen-bond donors (Lipinski definition) is 0. The van der Waals surface area contributed by atoms with Crippen LogP contribution in [0.25, 0.3) is 16.7 Å². The van der Waals surface area contributed by atoms with Gasteiger partial charge in [-0.25, -0.2) is 4.39 Å². The van der Waals surface area contributed by atoms with Crippen molar-refractivity contribution in [2.24, 2.45) is 5.41 Å². The highest BCUT2D eigenvalue weighted by atomic mass is 19.1. The van der Waals surface area contributed by atoms with E-state index < -0.39 is 0 Å². The Kier molecular flexibility index (Phi) is 4.27. The average molecular weight is 324 g/mol.